The van der Waals surface area contributed by atoms with Crippen molar-refractivity contribution >= 4 is 15.9 Å². The predicted octanol–water partition coefficient (Wildman–Crippen LogP) is 2.61. The zero-order chi connectivity index (χ0) is 14.4. The van der Waals surface area contributed by atoms with Gasteiger partial charge in [-0.15, -0.1) is 0 Å². The van der Waals surface area contributed by atoms with Crippen LogP contribution in [0.4, 0.5) is 0 Å². The van der Waals surface area contributed by atoms with Gasteiger partial charge in [0.25, 0.3) is 0 Å². The number of rotatable bonds is 8. The summed E-state index contributed by atoms with van der Waals surface area (Å²) < 4.78 is 3.31. The monoisotopic (exact) mass is 330 g/mol. The lowest BCUT2D eigenvalue weighted by Gasteiger charge is -2.18. The molecule has 0 N–H and O–H groups in total. The van der Waals surface area contributed by atoms with Gasteiger partial charge < -0.3 is 9.80 Å². The molecule has 0 spiro atoms. The first-order valence-corrected chi connectivity index (χ1v) is 7.86. The summed E-state index contributed by atoms with van der Waals surface area (Å²) in [6.07, 6.45) is 2.17. The van der Waals surface area contributed by atoms with Crippen LogP contribution in [0, 0.1) is 0 Å². The largest absolute Gasteiger partial charge is 0.309 e. The first kappa shape index (κ1) is 16.7. The van der Waals surface area contributed by atoms with Gasteiger partial charge >= 0.3 is 0 Å². The lowest BCUT2D eigenvalue weighted by molar-refractivity contribution is 0.286. The molecule has 110 valence electrons. The number of hydrogen-bond acceptors (Lipinski definition) is 3. The second-order valence-corrected chi connectivity index (χ2v) is 6.06. The average molecular weight is 331 g/mol. The van der Waals surface area contributed by atoms with Gasteiger partial charge in [-0.1, -0.05) is 6.92 Å². The molecule has 1 rings (SSSR count). The molecular formula is C14H27BrN4. The Balaban J connectivity index is 2.62. The molecule has 5 heteroatoms. The van der Waals surface area contributed by atoms with Crippen molar-refractivity contribution in [3.63, 3.8) is 0 Å². The van der Waals surface area contributed by atoms with E-state index in [1.807, 2.05) is 0 Å². The highest BCUT2D eigenvalue weighted by Gasteiger charge is 2.15. The van der Waals surface area contributed by atoms with Gasteiger partial charge in [-0.2, -0.15) is 5.10 Å². The van der Waals surface area contributed by atoms with Crippen molar-refractivity contribution in [2.75, 3.05) is 34.2 Å². The maximum atomic E-state index is 4.64. The number of aromatic nitrogens is 2. The Bertz CT molecular complexity index is 387. The number of aryl methyl sites for hydroxylation is 2. The van der Waals surface area contributed by atoms with E-state index in [1.54, 1.807) is 0 Å². The normalized spacial score (nSPS) is 11.8. The van der Waals surface area contributed by atoms with Gasteiger partial charge in [-0.25, -0.2) is 0 Å². The summed E-state index contributed by atoms with van der Waals surface area (Å²) in [6, 6.07) is 0. The van der Waals surface area contributed by atoms with Crippen LogP contribution in [-0.2, 0) is 19.5 Å². The first-order valence-electron chi connectivity index (χ1n) is 7.06. The lowest BCUT2D eigenvalue weighted by atomic mass is 10.3. The summed E-state index contributed by atoms with van der Waals surface area (Å²) in [4.78, 5) is 4.60. The molecule has 1 aromatic heterocycles. The van der Waals surface area contributed by atoms with Crippen molar-refractivity contribution in [1.29, 1.82) is 0 Å². The van der Waals surface area contributed by atoms with E-state index in [-0.39, 0.29) is 0 Å². The van der Waals surface area contributed by atoms with E-state index in [0.717, 1.165) is 32.6 Å². The third-order valence-corrected chi connectivity index (χ3v) is 4.17. The summed E-state index contributed by atoms with van der Waals surface area (Å²) in [5.41, 5.74) is 2.46. The molecule has 0 saturated carbocycles. The smallest absolute Gasteiger partial charge is 0.0767 e. The number of nitrogens with zero attached hydrogens (tertiary/aromatic N) is 4. The van der Waals surface area contributed by atoms with Gasteiger partial charge in [0.05, 0.1) is 15.9 Å². The standard InChI is InChI=1S/C14H27BrN4/c1-6-12-14(15)13(19(7-2)16-12)11-18(5)10-8-9-17(3)4/h6-11H2,1-5H3. The van der Waals surface area contributed by atoms with Crippen LogP contribution >= 0.6 is 15.9 Å². The van der Waals surface area contributed by atoms with Crippen molar-refractivity contribution in [2.24, 2.45) is 0 Å². The molecule has 0 aliphatic rings. The maximum Gasteiger partial charge on any atom is 0.0767 e. The van der Waals surface area contributed by atoms with Crippen LogP contribution in [0.5, 0.6) is 0 Å². The average Bonchev–Trinajstić information content (AvgIpc) is 2.66. The quantitative estimate of drug-likeness (QED) is 0.732. The zero-order valence-corrected chi connectivity index (χ0v) is 14.5. The maximum absolute atomic E-state index is 4.64. The van der Waals surface area contributed by atoms with Crippen LogP contribution in [0.3, 0.4) is 0 Å². The summed E-state index contributed by atoms with van der Waals surface area (Å²) in [7, 11) is 6.42. The molecule has 0 radical (unpaired) electrons. The summed E-state index contributed by atoms with van der Waals surface area (Å²) in [5, 5.41) is 4.64. The van der Waals surface area contributed by atoms with Gasteiger partial charge in [0.2, 0.25) is 0 Å². The van der Waals surface area contributed by atoms with Crippen LogP contribution in [-0.4, -0.2) is 53.8 Å². The molecule has 0 aliphatic carbocycles. The first-order chi connectivity index (χ1) is 8.99. The van der Waals surface area contributed by atoms with E-state index in [0.29, 0.717) is 0 Å². The van der Waals surface area contributed by atoms with Crippen molar-refractivity contribution in [2.45, 2.75) is 39.8 Å². The van der Waals surface area contributed by atoms with Crippen LogP contribution in [0.25, 0.3) is 0 Å². The SMILES string of the molecule is CCc1nn(CC)c(CN(C)CCCN(C)C)c1Br. The highest BCUT2D eigenvalue weighted by Crippen LogP contribution is 2.23. The van der Waals surface area contributed by atoms with Gasteiger partial charge in [0.1, 0.15) is 0 Å². The Kier molecular flexibility index (Phi) is 7.04. The molecule has 1 aromatic rings. The molecule has 0 aromatic carbocycles. The van der Waals surface area contributed by atoms with E-state index in [4.69, 9.17) is 0 Å². The molecule has 0 saturated heterocycles. The Morgan fingerprint density at radius 1 is 1.16 bits per heavy atom. The molecule has 0 unspecified atom stereocenters. The fourth-order valence-corrected chi connectivity index (χ4v) is 2.85. The molecule has 0 fully saturated rings. The van der Waals surface area contributed by atoms with Crippen molar-refractivity contribution in [3.05, 3.63) is 15.9 Å². The Labute approximate surface area is 125 Å². The minimum absolute atomic E-state index is 0.930. The highest BCUT2D eigenvalue weighted by molar-refractivity contribution is 9.10. The lowest BCUT2D eigenvalue weighted by Crippen LogP contribution is -2.24. The van der Waals surface area contributed by atoms with Crippen molar-refractivity contribution < 1.29 is 0 Å². The summed E-state index contributed by atoms with van der Waals surface area (Å²) >= 11 is 3.70. The Morgan fingerprint density at radius 2 is 1.84 bits per heavy atom. The van der Waals surface area contributed by atoms with Crippen LogP contribution in [0.2, 0.25) is 0 Å². The minimum Gasteiger partial charge on any atom is -0.309 e. The second kappa shape index (κ2) is 8.02. The predicted molar refractivity (Wildman–Crippen MR) is 84.5 cm³/mol. The summed E-state index contributed by atoms with van der Waals surface area (Å²) in [5.74, 6) is 0. The molecule has 1 heterocycles. The van der Waals surface area contributed by atoms with Crippen LogP contribution in [0.15, 0.2) is 4.47 Å². The van der Waals surface area contributed by atoms with E-state index in [9.17, 15) is 0 Å². The fraction of sp³-hybridized carbons (Fsp3) is 0.786. The highest BCUT2D eigenvalue weighted by atomic mass is 79.9. The fourth-order valence-electron chi connectivity index (χ4n) is 2.16. The second-order valence-electron chi connectivity index (χ2n) is 5.27. The third-order valence-electron chi connectivity index (χ3n) is 3.26. The van der Waals surface area contributed by atoms with E-state index >= 15 is 0 Å². The molecule has 0 aliphatic heterocycles. The van der Waals surface area contributed by atoms with Crippen LogP contribution in [0.1, 0.15) is 31.7 Å². The van der Waals surface area contributed by atoms with E-state index in [1.165, 1.54) is 22.3 Å². The summed E-state index contributed by atoms with van der Waals surface area (Å²) in [6.45, 7) is 8.43. The van der Waals surface area contributed by atoms with Gasteiger partial charge in [-0.3, -0.25) is 4.68 Å². The molecule has 4 nitrogen and oxygen atoms in total. The molecule has 0 amide bonds. The number of hydrogen-bond donors (Lipinski definition) is 0. The van der Waals surface area contributed by atoms with E-state index < -0.39 is 0 Å². The van der Waals surface area contributed by atoms with E-state index in [2.05, 4.69) is 70.5 Å². The third kappa shape index (κ3) is 4.89. The van der Waals surface area contributed by atoms with Gasteiger partial charge in [-0.05, 0) is 69.9 Å². The Hall–Kier alpha value is -0.390. The van der Waals surface area contributed by atoms with Crippen molar-refractivity contribution in [1.82, 2.24) is 19.6 Å². The molecule has 0 atom stereocenters. The molecular weight excluding hydrogens is 304 g/mol. The van der Waals surface area contributed by atoms with Gasteiger partial charge in [0, 0.05) is 13.1 Å². The topological polar surface area (TPSA) is 24.3 Å². The Morgan fingerprint density at radius 3 is 2.37 bits per heavy atom. The van der Waals surface area contributed by atoms with Crippen molar-refractivity contribution in [3.8, 4) is 0 Å². The molecule has 19 heavy (non-hydrogen) atoms. The molecule has 0 bridgehead atoms. The van der Waals surface area contributed by atoms with Crippen LogP contribution < -0.4 is 0 Å². The van der Waals surface area contributed by atoms with Gasteiger partial charge in [0.15, 0.2) is 0 Å². The number of halogens is 1. The minimum atomic E-state index is 0.930. The zero-order valence-electron chi connectivity index (χ0n) is 12.9.